The Balaban J connectivity index is 2.10. The van der Waals surface area contributed by atoms with Crippen molar-refractivity contribution in [3.8, 4) is 0 Å². The van der Waals surface area contributed by atoms with E-state index in [1.807, 2.05) is 0 Å². The quantitative estimate of drug-likeness (QED) is 0.658. The summed E-state index contributed by atoms with van der Waals surface area (Å²) in [5, 5.41) is 0. The van der Waals surface area contributed by atoms with Crippen molar-refractivity contribution in [1.29, 1.82) is 0 Å². The first-order valence-electron chi connectivity index (χ1n) is 5.38. The SMILES string of the molecule is NC1CCCC(C2=CCCCC2)=N1. The lowest BCUT2D eigenvalue weighted by Crippen LogP contribution is -2.24. The summed E-state index contributed by atoms with van der Waals surface area (Å²) in [5.41, 5.74) is 8.61. The molecule has 1 atom stereocenters. The molecule has 0 aromatic heterocycles. The van der Waals surface area contributed by atoms with E-state index in [4.69, 9.17) is 5.73 Å². The van der Waals surface area contributed by atoms with Crippen molar-refractivity contribution in [2.75, 3.05) is 0 Å². The summed E-state index contributed by atoms with van der Waals surface area (Å²) < 4.78 is 0. The maximum atomic E-state index is 5.82. The van der Waals surface area contributed by atoms with Gasteiger partial charge in [-0.25, -0.2) is 0 Å². The highest BCUT2D eigenvalue weighted by atomic mass is 14.9. The van der Waals surface area contributed by atoms with E-state index >= 15 is 0 Å². The summed E-state index contributed by atoms with van der Waals surface area (Å²) in [5.74, 6) is 0. The minimum Gasteiger partial charge on any atom is -0.310 e. The molecule has 0 aromatic carbocycles. The molecular weight excluding hydrogens is 160 g/mol. The molecule has 1 aliphatic heterocycles. The van der Waals surface area contributed by atoms with Gasteiger partial charge in [0.1, 0.15) is 0 Å². The summed E-state index contributed by atoms with van der Waals surface area (Å²) in [7, 11) is 0. The van der Waals surface area contributed by atoms with E-state index in [0.717, 1.165) is 12.8 Å². The lowest BCUT2D eigenvalue weighted by Gasteiger charge is -2.21. The third-order valence-corrected chi connectivity index (χ3v) is 2.90. The normalized spacial score (nSPS) is 29.5. The van der Waals surface area contributed by atoms with Crippen molar-refractivity contribution in [3.63, 3.8) is 0 Å². The minimum atomic E-state index is 0.0755. The van der Waals surface area contributed by atoms with Gasteiger partial charge in [0, 0.05) is 5.71 Å². The molecule has 1 aliphatic carbocycles. The van der Waals surface area contributed by atoms with Crippen molar-refractivity contribution in [2.45, 2.75) is 51.1 Å². The van der Waals surface area contributed by atoms with Gasteiger partial charge in [0.2, 0.25) is 0 Å². The van der Waals surface area contributed by atoms with Gasteiger partial charge in [-0.05, 0) is 50.5 Å². The van der Waals surface area contributed by atoms with Crippen LogP contribution in [0.1, 0.15) is 44.9 Å². The van der Waals surface area contributed by atoms with Crippen LogP contribution in [0.15, 0.2) is 16.6 Å². The van der Waals surface area contributed by atoms with E-state index in [0.29, 0.717) is 0 Å². The highest BCUT2D eigenvalue weighted by Crippen LogP contribution is 2.23. The van der Waals surface area contributed by atoms with Crippen LogP contribution in [0.2, 0.25) is 0 Å². The molecule has 0 amide bonds. The molecule has 13 heavy (non-hydrogen) atoms. The first kappa shape index (κ1) is 8.95. The fourth-order valence-electron chi connectivity index (χ4n) is 2.15. The fraction of sp³-hybridized carbons (Fsp3) is 0.727. The number of nitrogens with zero attached hydrogens (tertiary/aromatic N) is 1. The molecule has 2 aliphatic rings. The zero-order valence-electron chi connectivity index (χ0n) is 8.13. The Kier molecular flexibility index (Phi) is 2.79. The highest BCUT2D eigenvalue weighted by Gasteiger charge is 2.15. The lowest BCUT2D eigenvalue weighted by molar-refractivity contribution is 0.585. The van der Waals surface area contributed by atoms with Gasteiger partial charge in [0.25, 0.3) is 0 Å². The number of hydrogen-bond acceptors (Lipinski definition) is 2. The van der Waals surface area contributed by atoms with Crippen LogP contribution in [0.25, 0.3) is 0 Å². The fourth-order valence-corrected chi connectivity index (χ4v) is 2.15. The van der Waals surface area contributed by atoms with Gasteiger partial charge in [-0.2, -0.15) is 0 Å². The molecule has 0 aromatic rings. The van der Waals surface area contributed by atoms with Crippen LogP contribution in [0, 0.1) is 0 Å². The van der Waals surface area contributed by atoms with E-state index in [1.165, 1.54) is 43.4 Å². The Morgan fingerprint density at radius 1 is 1.23 bits per heavy atom. The molecule has 2 nitrogen and oxygen atoms in total. The topological polar surface area (TPSA) is 38.4 Å². The Bertz CT molecular complexity index is 240. The maximum absolute atomic E-state index is 5.82. The summed E-state index contributed by atoms with van der Waals surface area (Å²) in [6.45, 7) is 0. The summed E-state index contributed by atoms with van der Waals surface area (Å²) in [6, 6.07) is 0. The molecule has 0 bridgehead atoms. The lowest BCUT2D eigenvalue weighted by atomic mass is 9.92. The van der Waals surface area contributed by atoms with Crippen molar-refractivity contribution in [2.24, 2.45) is 10.7 Å². The summed E-state index contributed by atoms with van der Waals surface area (Å²) >= 11 is 0. The molecule has 0 radical (unpaired) electrons. The van der Waals surface area contributed by atoms with Crippen LogP contribution in [0.5, 0.6) is 0 Å². The van der Waals surface area contributed by atoms with E-state index in [-0.39, 0.29) is 6.17 Å². The molecule has 2 rings (SSSR count). The molecule has 1 heterocycles. The van der Waals surface area contributed by atoms with Crippen LogP contribution in [-0.2, 0) is 0 Å². The monoisotopic (exact) mass is 178 g/mol. The standard InChI is InChI=1S/C11H18N2/c12-11-8-4-7-10(13-11)9-5-2-1-3-6-9/h5,11H,1-4,6-8,12H2. The summed E-state index contributed by atoms with van der Waals surface area (Å²) in [4.78, 5) is 4.53. The minimum absolute atomic E-state index is 0.0755. The molecule has 1 unspecified atom stereocenters. The Morgan fingerprint density at radius 3 is 2.85 bits per heavy atom. The van der Waals surface area contributed by atoms with Gasteiger partial charge >= 0.3 is 0 Å². The molecule has 72 valence electrons. The second-order valence-corrected chi connectivity index (χ2v) is 4.01. The average Bonchev–Trinajstić information content (AvgIpc) is 2.19. The second-order valence-electron chi connectivity index (χ2n) is 4.01. The van der Waals surface area contributed by atoms with Crippen LogP contribution in [-0.4, -0.2) is 11.9 Å². The number of rotatable bonds is 1. The van der Waals surface area contributed by atoms with Gasteiger partial charge < -0.3 is 5.73 Å². The predicted molar refractivity (Wildman–Crippen MR) is 55.8 cm³/mol. The van der Waals surface area contributed by atoms with Gasteiger partial charge in [-0.15, -0.1) is 0 Å². The van der Waals surface area contributed by atoms with Crippen molar-refractivity contribution in [3.05, 3.63) is 11.6 Å². The van der Waals surface area contributed by atoms with E-state index in [9.17, 15) is 0 Å². The largest absolute Gasteiger partial charge is 0.310 e. The Labute approximate surface area is 79.9 Å². The van der Waals surface area contributed by atoms with Crippen LogP contribution >= 0.6 is 0 Å². The molecule has 0 fully saturated rings. The molecule has 2 N–H and O–H groups in total. The van der Waals surface area contributed by atoms with Crippen molar-refractivity contribution < 1.29 is 0 Å². The number of hydrogen-bond donors (Lipinski definition) is 1. The van der Waals surface area contributed by atoms with E-state index < -0.39 is 0 Å². The Morgan fingerprint density at radius 2 is 2.15 bits per heavy atom. The molecule has 2 heteroatoms. The van der Waals surface area contributed by atoms with Crippen LogP contribution in [0.3, 0.4) is 0 Å². The third kappa shape index (κ3) is 2.19. The first-order chi connectivity index (χ1) is 6.36. The van der Waals surface area contributed by atoms with Crippen molar-refractivity contribution in [1.82, 2.24) is 0 Å². The molecular formula is C11H18N2. The maximum Gasteiger partial charge on any atom is 0.0972 e. The summed E-state index contributed by atoms with van der Waals surface area (Å²) in [6.07, 6.45) is 11.0. The first-order valence-corrected chi connectivity index (χ1v) is 5.38. The Hall–Kier alpha value is -0.630. The molecule has 0 spiro atoms. The van der Waals surface area contributed by atoms with Gasteiger partial charge in [-0.1, -0.05) is 6.08 Å². The predicted octanol–water partition coefficient (Wildman–Crippen LogP) is 2.40. The zero-order chi connectivity index (χ0) is 9.10. The van der Waals surface area contributed by atoms with E-state index in [2.05, 4.69) is 11.1 Å². The number of aliphatic imine (C=N–C) groups is 1. The molecule has 0 saturated heterocycles. The van der Waals surface area contributed by atoms with Crippen LogP contribution < -0.4 is 5.73 Å². The van der Waals surface area contributed by atoms with Crippen molar-refractivity contribution >= 4 is 5.71 Å². The van der Waals surface area contributed by atoms with Gasteiger partial charge in [0.05, 0.1) is 6.17 Å². The number of nitrogens with two attached hydrogens (primary N) is 1. The van der Waals surface area contributed by atoms with E-state index in [1.54, 1.807) is 0 Å². The molecule has 0 saturated carbocycles. The van der Waals surface area contributed by atoms with Gasteiger partial charge in [-0.3, -0.25) is 4.99 Å². The second kappa shape index (κ2) is 4.05. The third-order valence-electron chi connectivity index (χ3n) is 2.90. The zero-order valence-corrected chi connectivity index (χ0v) is 8.13. The van der Waals surface area contributed by atoms with Gasteiger partial charge in [0.15, 0.2) is 0 Å². The number of allylic oxidation sites excluding steroid dienone is 2. The highest BCUT2D eigenvalue weighted by molar-refractivity contribution is 6.00. The van der Waals surface area contributed by atoms with Crippen LogP contribution in [0.4, 0.5) is 0 Å². The average molecular weight is 178 g/mol. The smallest absolute Gasteiger partial charge is 0.0972 e.